The Bertz CT molecular complexity index is 1060. The van der Waals surface area contributed by atoms with Crippen molar-refractivity contribution in [3.63, 3.8) is 0 Å². The van der Waals surface area contributed by atoms with Crippen LogP contribution in [-0.4, -0.2) is 41.5 Å². The van der Waals surface area contributed by atoms with Crippen LogP contribution in [0.25, 0.3) is 0 Å². The lowest BCUT2D eigenvalue weighted by molar-refractivity contribution is 0.00578. The van der Waals surface area contributed by atoms with Crippen molar-refractivity contribution in [3.8, 4) is 11.6 Å². The molecule has 1 fully saturated rings. The van der Waals surface area contributed by atoms with E-state index in [1.807, 2.05) is 34.6 Å². The van der Waals surface area contributed by atoms with E-state index in [0.29, 0.717) is 11.0 Å². The van der Waals surface area contributed by atoms with E-state index in [2.05, 4.69) is 10.3 Å². The van der Waals surface area contributed by atoms with E-state index in [9.17, 15) is 4.79 Å². The number of halogens is 2. The number of nitrogens with zero attached hydrogens (tertiary/aromatic N) is 1. The molecule has 0 spiro atoms. The molecule has 1 aromatic heterocycles. The Morgan fingerprint density at radius 1 is 1.23 bits per heavy atom. The molecule has 3 rings (SSSR count). The zero-order chi connectivity index (χ0) is 26.2. The summed E-state index contributed by atoms with van der Waals surface area (Å²) in [4.78, 5) is 16.5. The van der Waals surface area contributed by atoms with Crippen molar-refractivity contribution < 1.29 is 28.0 Å². The van der Waals surface area contributed by atoms with Crippen LogP contribution < -0.4 is 15.5 Å². The molecule has 1 aliphatic rings. The average Bonchev–Trinajstić information content (AvgIpc) is 2.94. The minimum atomic E-state index is -0.951. The van der Waals surface area contributed by atoms with Crippen LogP contribution >= 0.6 is 11.6 Å². The second-order valence-corrected chi connectivity index (χ2v) is 11.0. The maximum Gasteiger partial charge on any atom is 0.496 e. The van der Waals surface area contributed by atoms with E-state index in [1.165, 1.54) is 6.07 Å². The monoisotopic (exact) mass is 506 g/mol. The summed E-state index contributed by atoms with van der Waals surface area (Å²) in [6.45, 7) is 15.0. The van der Waals surface area contributed by atoms with Crippen molar-refractivity contribution in [1.29, 1.82) is 0 Å². The van der Waals surface area contributed by atoms with Crippen LogP contribution in [0.3, 0.4) is 0 Å². The molecule has 1 amide bonds. The lowest BCUT2D eigenvalue weighted by Crippen LogP contribution is -2.41. The number of hydrogen-bond donors (Lipinski definition) is 1. The van der Waals surface area contributed by atoms with Gasteiger partial charge in [0.2, 0.25) is 5.88 Å². The van der Waals surface area contributed by atoms with Crippen LogP contribution in [0.2, 0.25) is 5.02 Å². The van der Waals surface area contributed by atoms with Crippen molar-refractivity contribution in [1.82, 2.24) is 10.3 Å². The van der Waals surface area contributed by atoms with Crippen molar-refractivity contribution in [3.05, 3.63) is 46.9 Å². The van der Waals surface area contributed by atoms with Gasteiger partial charge in [-0.15, -0.1) is 0 Å². The van der Waals surface area contributed by atoms with Gasteiger partial charge in [-0.1, -0.05) is 24.6 Å². The lowest BCUT2D eigenvalue weighted by Gasteiger charge is -2.32. The fraction of sp³-hybridized carbons (Fsp3) is 0.520. The third-order valence-corrected chi connectivity index (χ3v) is 6.43. The highest BCUT2D eigenvalue weighted by Gasteiger charge is 2.53. The van der Waals surface area contributed by atoms with Gasteiger partial charge in [0.1, 0.15) is 17.2 Å². The Morgan fingerprint density at radius 2 is 1.86 bits per heavy atom. The summed E-state index contributed by atoms with van der Waals surface area (Å²) in [6, 6.07) is 6.38. The normalized spacial score (nSPS) is 17.7. The van der Waals surface area contributed by atoms with Gasteiger partial charge in [0.15, 0.2) is 0 Å². The number of benzene rings is 1. The molecule has 0 aliphatic carbocycles. The largest absolute Gasteiger partial charge is 0.496 e. The third kappa shape index (κ3) is 6.26. The molecule has 1 saturated heterocycles. The van der Waals surface area contributed by atoms with Crippen LogP contribution in [-0.2, 0) is 14.0 Å². The van der Waals surface area contributed by atoms with Gasteiger partial charge < -0.3 is 24.1 Å². The first-order valence-electron chi connectivity index (χ1n) is 11.5. The van der Waals surface area contributed by atoms with Gasteiger partial charge >= 0.3 is 13.2 Å². The number of nitrogens with one attached hydrogen (secondary N) is 1. The van der Waals surface area contributed by atoms with Crippen LogP contribution in [0.5, 0.6) is 11.6 Å². The molecule has 0 saturated carbocycles. The Kier molecular flexibility index (Phi) is 7.74. The minimum Gasteiger partial charge on any atom is -0.444 e. The molecule has 1 aromatic carbocycles. The second kappa shape index (κ2) is 9.95. The second-order valence-electron chi connectivity index (χ2n) is 10.6. The van der Waals surface area contributed by atoms with Crippen LogP contribution in [0.1, 0.15) is 66.9 Å². The van der Waals surface area contributed by atoms with Crippen molar-refractivity contribution in [2.75, 3.05) is 6.54 Å². The number of carbonyl (C=O) groups is 1. The van der Waals surface area contributed by atoms with E-state index < -0.39 is 35.8 Å². The SMILES string of the molecule is C[C@H](CNC(=O)OC(C)(C)C)c1c(Oc2ccccn2)cc(F)c(Cl)c1B1OC(C)(C)C(C)(C)O1. The maximum atomic E-state index is 15.1. The Morgan fingerprint density at radius 3 is 2.40 bits per heavy atom. The number of carbonyl (C=O) groups excluding carboxylic acids is 1. The van der Waals surface area contributed by atoms with E-state index in [1.54, 1.807) is 45.2 Å². The van der Waals surface area contributed by atoms with Crippen molar-refractivity contribution in [2.24, 2.45) is 0 Å². The smallest absolute Gasteiger partial charge is 0.444 e. The number of amides is 1. The summed E-state index contributed by atoms with van der Waals surface area (Å²) >= 11 is 6.52. The van der Waals surface area contributed by atoms with Gasteiger partial charge in [0, 0.05) is 41.8 Å². The Labute approximate surface area is 211 Å². The molecule has 1 atom stereocenters. The predicted octanol–water partition coefficient (Wildman–Crippen LogP) is 5.59. The standard InChI is InChI=1S/C25H33BClFN2O5/c1-15(14-30-22(31)33-23(2,3)4)19-17(32-18-11-9-10-12-29-18)13-16(28)21(27)20(19)26-34-24(5,6)25(7,8)35-26/h9-13,15H,14H2,1-8H3,(H,30,31)/t15-/m1/s1. The van der Waals surface area contributed by atoms with E-state index in [0.717, 1.165) is 0 Å². The number of rotatable bonds is 6. The van der Waals surface area contributed by atoms with Gasteiger partial charge in [0.25, 0.3) is 0 Å². The number of hydrogen-bond acceptors (Lipinski definition) is 6. The number of ether oxygens (including phenoxy) is 2. The zero-order valence-electron chi connectivity index (χ0n) is 21.5. The van der Waals surface area contributed by atoms with Crippen molar-refractivity contribution >= 4 is 30.3 Å². The van der Waals surface area contributed by atoms with E-state index in [-0.39, 0.29) is 29.1 Å². The van der Waals surface area contributed by atoms with Gasteiger partial charge in [0.05, 0.1) is 16.2 Å². The van der Waals surface area contributed by atoms with E-state index >= 15 is 4.39 Å². The molecular weight excluding hydrogens is 474 g/mol. The first-order valence-corrected chi connectivity index (χ1v) is 11.9. The molecule has 1 N–H and O–H groups in total. The maximum absolute atomic E-state index is 15.1. The highest BCUT2D eigenvalue weighted by molar-refractivity contribution is 6.66. The van der Waals surface area contributed by atoms with Crippen LogP contribution in [0.4, 0.5) is 9.18 Å². The predicted molar refractivity (Wildman–Crippen MR) is 134 cm³/mol. The highest BCUT2D eigenvalue weighted by Crippen LogP contribution is 2.40. The molecule has 2 heterocycles. The molecule has 7 nitrogen and oxygen atoms in total. The molecule has 0 radical (unpaired) electrons. The molecule has 0 unspecified atom stereocenters. The topological polar surface area (TPSA) is 78.9 Å². The summed E-state index contributed by atoms with van der Waals surface area (Å²) < 4.78 is 38.9. The van der Waals surface area contributed by atoms with Gasteiger partial charge in [-0.25, -0.2) is 14.2 Å². The first-order chi connectivity index (χ1) is 16.1. The molecule has 35 heavy (non-hydrogen) atoms. The molecule has 1 aliphatic heterocycles. The molecule has 0 bridgehead atoms. The fourth-order valence-electron chi connectivity index (χ4n) is 3.59. The fourth-order valence-corrected chi connectivity index (χ4v) is 3.84. The Balaban J connectivity index is 2.05. The van der Waals surface area contributed by atoms with E-state index in [4.69, 9.17) is 30.4 Å². The summed E-state index contributed by atoms with van der Waals surface area (Å²) in [5, 5.41) is 2.63. The zero-order valence-corrected chi connectivity index (χ0v) is 22.2. The molecule has 10 heteroatoms. The summed E-state index contributed by atoms with van der Waals surface area (Å²) in [7, 11) is -0.951. The first kappa shape index (κ1) is 27.2. The highest BCUT2D eigenvalue weighted by atomic mass is 35.5. The van der Waals surface area contributed by atoms with Crippen molar-refractivity contribution in [2.45, 2.75) is 78.1 Å². The number of alkyl carbamates (subject to hydrolysis) is 1. The summed E-state index contributed by atoms with van der Waals surface area (Å²) in [6.07, 6.45) is 1.01. The Hall–Kier alpha value is -2.36. The third-order valence-electron chi connectivity index (χ3n) is 6.05. The number of aromatic nitrogens is 1. The quantitative estimate of drug-likeness (QED) is 0.514. The van der Waals surface area contributed by atoms with Gasteiger partial charge in [-0.2, -0.15) is 0 Å². The molecule has 190 valence electrons. The van der Waals surface area contributed by atoms with Crippen LogP contribution in [0.15, 0.2) is 30.5 Å². The summed E-state index contributed by atoms with van der Waals surface area (Å²) in [5.74, 6) is -0.580. The molecule has 2 aromatic rings. The van der Waals surface area contributed by atoms with Gasteiger partial charge in [-0.05, 0) is 54.5 Å². The van der Waals surface area contributed by atoms with Crippen LogP contribution in [0, 0.1) is 5.82 Å². The number of pyridine rings is 1. The summed E-state index contributed by atoms with van der Waals surface area (Å²) in [5.41, 5.74) is -1.14. The minimum absolute atomic E-state index is 0.129. The lowest BCUT2D eigenvalue weighted by atomic mass is 9.72. The average molecular weight is 507 g/mol. The van der Waals surface area contributed by atoms with Gasteiger partial charge in [-0.3, -0.25) is 0 Å². The molecular formula is C25H33BClFN2O5.